The van der Waals surface area contributed by atoms with E-state index in [4.69, 9.17) is 0 Å². The molecule has 1 aromatic heterocycles. The van der Waals surface area contributed by atoms with Gasteiger partial charge < -0.3 is 15.2 Å². The first-order chi connectivity index (χ1) is 13.4. The zero-order valence-electron chi connectivity index (χ0n) is 16.0. The van der Waals surface area contributed by atoms with Crippen LogP contribution in [0.15, 0.2) is 29.1 Å². The highest BCUT2D eigenvalue weighted by atomic mass is 19.1. The topological polar surface area (TPSA) is 89.0 Å². The first kappa shape index (κ1) is 19.8. The van der Waals surface area contributed by atoms with E-state index in [0.717, 1.165) is 11.1 Å². The smallest absolute Gasteiger partial charge is 0.266 e. The minimum Gasteiger partial charge on any atom is -0.333 e. The molecule has 28 heavy (non-hydrogen) atoms. The quantitative estimate of drug-likeness (QED) is 0.848. The maximum absolute atomic E-state index is 13.6. The highest BCUT2D eigenvalue weighted by Gasteiger charge is 2.28. The van der Waals surface area contributed by atoms with Crippen LogP contribution in [0.5, 0.6) is 0 Å². The Balaban J connectivity index is 1.79. The Kier molecular flexibility index (Phi) is 5.90. The van der Waals surface area contributed by atoms with Crippen LogP contribution in [0.2, 0.25) is 0 Å². The predicted octanol–water partition coefficient (Wildman–Crippen LogP) is 2.11. The maximum Gasteiger partial charge on any atom is 0.266 e. The Labute approximate surface area is 163 Å². The molecule has 2 N–H and O–H groups in total. The van der Waals surface area contributed by atoms with Crippen LogP contribution in [-0.4, -0.2) is 35.4 Å². The van der Waals surface area contributed by atoms with Crippen LogP contribution in [0, 0.1) is 31.0 Å². The Hall–Kier alpha value is -2.98. The minimum atomic E-state index is -0.402. The van der Waals surface area contributed by atoms with Crippen molar-refractivity contribution in [3.63, 3.8) is 0 Å². The van der Waals surface area contributed by atoms with Crippen molar-refractivity contribution in [3.8, 4) is 6.07 Å². The van der Waals surface area contributed by atoms with E-state index < -0.39 is 5.56 Å². The molecule has 6 nitrogen and oxygen atoms in total. The van der Waals surface area contributed by atoms with Gasteiger partial charge in [0.1, 0.15) is 17.4 Å². The first-order valence-corrected chi connectivity index (χ1v) is 9.30. The lowest BCUT2D eigenvalue weighted by Crippen LogP contribution is -2.48. The van der Waals surface area contributed by atoms with Crippen LogP contribution in [0.4, 0.5) is 4.39 Å². The fraction of sp³-hybridized carbons (Fsp3) is 0.381. The summed E-state index contributed by atoms with van der Waals surface area (Å²) in [7, 11) is 0. The van der Waals surface area contributed by atoms with Crippen molar-refractivity contribution in [2.75, 3.05) is 19.6 Å². The second kappa shape index (κ2) is 8.36. The van der Waals surface area contributed by atoms with Gasteiger partial charge in [-0.2, -0.15) is 5.26 Å². The second-order valence-corrected chi connectivity index (χ2v) is 7.03. The van der Waals surface area contributed by atoms with E-state index in [1.54, 1.807) is 24.8 Å². The molecule has 0 saturated carbocycles. The van der Waals surface area contributed by atoms with E-state index in [2.05, 4.69) is 10.3 Å². The summed E-state index contributed by atoms with van der Waals surface area (Å²) in [5, 5.41) is 12.5. The predicted molar refractivity (Wildman–Crippen MR) is 103 cm³/mol. The number of nitriles is 1. The first-order valence-electron chi connectivity index (χ1n) is 9.30. The number of halogens is 1. The zero-order chi connectivity index (χ0) is 20.3. The van der Waals surface area contributed by atoms with Crippen LogP contribution in [-0.2, 0) is 11.2 Å². The van der Waals surface area contributed by atoms with Crippen LogP contribution in [0.25, 0.3) is 0 Å². The Morgan fingerprint density at radius 1 is 1.39 bits per heavy atom. The molecule has 1 amide bonds. The fourth-order valence-corrected chi connectivity index (χ4v) is 3.81. The molecule has 1 aromatic carbocycles. The molecular formula is C21H23FN4O2. The van der Waals surface area contributed by atoms with Crippen molar-refractivity contribution in [1.82, 2.24) is 15.2 Å². The van der Waals surface area contributed by atoms with Gasteiger partial charge in [0, 0.05) is 31.7 Å². The Morgan fingerprint density at radius 2 is 2.18 bits per heavy atom. The molecule has 0 aliphatic carbocycles. The van der Waals surface area contributed by atoms with Crippen molar-refractivity contribution in [2.45, 2.75) is 32.7 Å². The average Bonchev–Trinajstić information content (AvgIpc) is 2.67. The van der Waals surface area contributed by atoms with Gasteiger partial charge in [-0.05, 0) is 49.1 Å². The highest BCUT2D eigenvalue weighted by Crippen LogP contribution is 2.24. The summed E-state index contributed by atoms with van der Waals surface area (Å²) in [5.74, 6) is -0.349. The van der Waals surface area contributed by atoms with Gasteiger partial charge in [-0.15, -0.1) is 0 Å². The lowest BCUT2D eigenvalue weighted by atomic mass is 9.98. The summed E-state index contributed by atoms with van der Waals surface area (Å²) < 4.78 is 13.6. The van der Waals surface area contributed by atoms with Crippen molar-refractivity contribution >= 4 is 5.91 Å². The van der Waals surface area contributed by atoms with Gasteiger partial charge in [-0.1, -0.05) is 12.1 Å². The number of carbonyl (C=O) groups excluding carboxylic acids is 1. The summed E-state index contributed by atoms with van der Waals surface area (Å²) in [4.78, 5) is 29.3. The number of rotatable bonds is 4. The monoisotopic (exact) mass is 382 g/mol. The van der Waals surface area contributed by atoms with E-state index in [0.29, 0.717) is 37.3 Å². The third kappa shape index (κ3) is 3.97. The molecule has 1 fully saturated rings. The molecule has 3 rings (SSSR count). The molecule has 1 aliphatic heterocycles. The molecule has 1 atom stereocenters. The van der Waals surface area contributed by atoms with Crippen molar-refractivity contribution in [2.24, 2.45) is 0 Å². The van der Waals surface area contributed by atoms with Gasteiger partial charge in [0.15, 0.2) is 0 Å². The maximum atomic E-state index is 13.6. The molecule has 1 saturated heterocycles. The largest absolute Gasteiger partial charge is 0.333 e. The number of aryl methyl sites for hydroxylation is 1. The van der Waals surface area contributed by atoms with Gasteiger partial charge in [0.25, 0.3) is 5.56 Å². The van der Waals surface area contributed by atoms with Gasteiger partial charge in [-0.3, -0.25) is 9.59 Å². The number of carbonyl (C=O) groups is 1. The van der Waals surface area contributed by atoms with Gasteiger partial charge in [-0.25, -0.2) is 4.39 Å². The molecule has 0 bridgehead atoms. The van der Waals surface area contributed by atoms with Gasteiger partial charge in [0.05, 0.1) is 6.04 Å². The Bertz CT molecular complexity index is 993. The van der Waals surface area contributed by atoms with Crippen molar-refractivity contribution < 1.29 is 9.18 Å². The van der Waals surface area contributed by atoms with Crippen LogP contribution in [0.3, 0.4) is 0 Å². The number of benzene rings is 1. The third-order valence-corrected chi connectivity index (χ3v) is 5.31. The molecule has 7 heteroatoms. The number of H-pyrrole nitrogens is 1. The molecule has 2 heterocycles. The summed E-state index contributed by atoms with van der Waals surface area (Å²) >= 11 is 0. The number of aromatic nitrogens is 1. The second-order valence-electron chi connectivity index (χ2n) is 7.03. The third-order valence-electron chi connectivity index (χ3n) is 5.31. The molecule has 2 aromatic rings. The summed E-state index contributed by atoms with van der Waals surface area (Å²) in [6.45, 7) is 5.32. The lowest BCUT2D eigenvalue weighted by molar-refractivity contribution is -0.134. The number of pyridine rings is 1. The van der Waals surface area contributed by atoms with Crippen LogP contribution >= 0.6 is 0 Å². The number of nitrogens with one attached hydrogen (secondary N) is 2. The number of amides is 1. The molecule has 1 aliphatic rings. The SMILES string of the molecule is Cc1[nH]c(=O)c(C#N)c(C)c1CCC(=O)N1CCNCC1c1cccc(F)c1. The molecule has 0 spiro atoms. The lowest BCUT2D eigenvalue weighted by Gasteiger charge is -2.36. The Morgan fingerprint density at radius 3 is 2.89 bits per heavy atom. The fourth-order valence-electron chi connectivity index (χ4n) is 3.81. The van der Waals surface area contributed by atoms with Crippen LogP contribution in [0.1, 0.15) is 40.4 Å². The number of hydrogen-bond donors (Lipinski definition) is 2. The molecular weight excluding hydrogens is 359 g/mol. The van der Waals surface area contributed by atoms with E-state index in [9.17, 15) is 19.2 Å². The number of nitrogens with zero attached hydrogens (tertiary/aromatic N) is 2. The standard InChI is InChI=1S/C21H23FN4O2/c1-13-17(14(2)25-21(28)18(13)11-23)6-7-20(27)26-9-8-24-12-19(26)15-4-3-5-16(22)10-15/h3-5,10,19,24H,6-9,12H2,1-2H3,(H,25,28). The normalized spacial score (nSPS) is 16.6. The van der Waals surface area contributed by atoms with E-state index in [1.165, 1.54) is 12.1 Å². The minimum absolute atomic E-state index is 0.0285. The van der Waals surface area contributed by atoms with E-state index in [-0.39, 0.29) is 29.8 Å². The zero-order valence-corrected chi connectivity index (χ0v) is 16.0. The number of piperazine rings is 1. The molecule has 0 radical (unpaired) electrons. The molecule has 146 valence electrons. The van der Waals surface area contributed by atoms with Crippen molar-refractivity contribution in [3.05, 3.63) is 68.4 Å². The van der Waals surface area contributed by atoms with Crippen molar-refractivity contribution in [1.29, 1.82) is 5.26 Å². The highest BCUT2D eigenvalue weighted by molar-refractivity contribution is 5.77. The van der Waals surface area contributed by atoms with Gasteiger partial charge >= 0.3 is 0 Å². The van der Waals surface area contributed by atoms with Crippen LogP contribution < -0.4 is 10.9 Å². The summed E-state index contributed by atoms with van der Waals surface area (Å²) in [6.07, 6.45) is 0.687. The average molecular weight is 382 g/mol. The van der Waals surface area contributed by atoms with Gasteiger partial charge in [0.2, 0.25) is 5.91 Å². The van der Waals surface area contributed by atoms with E-state index >= 15 is 0 Å². The van der Waals surface area contributed by atoms with E-state index in [1.807, 2.05) is 12.1 Å². The number of aromatic amines is 1. The molecule has 1 unspecified atom stereocenters. The summed E-state index contributed by atoms with van der Waals surface area (Å²) in [5.41, 5.74) is 2.58. The summed E-state index contributed by atoms with van der Waals surface area (Å²) in [6, 6.07) is 8.05. The number of hydrogen-bond acceptors (Lipinski definition) is 4.